The Hall–Kier alpha value is -2.33. The molecule has 0 saturated heterocycles. The third-order valence-electron chi connectivity index (χ3n) is 3.91. The van der Waals surface area contributed by atoms with Crippen LogP contribution in [0.4, 0.5) is 5.69 Å². The van der Waals surface area contributed by atoms with Gasteiger partial charge < -0.3 is 9.88 Å². The van der Waals surface area contributed by atoms with Crippen LogP contribution in [0.3, 0.4) is 0 Å². The van der Waals surface area contributed by atoms with Crippen molar-refractivity contribution in [2.45, 2.75) is 49.6 Å². The van der Waals surface area contributed by atoms with Gasteiger partial charge in [-0.25, -0.2) is 0 Å². The molecule has 1 N–H and O–H groups in total. The summed E-state index contributed by atoms with van der Waals surface area (Å²) >= 11 is 1.41. The molecule has 3 rings (SSSR count). The molecule has 1 aliphatic carbocycles. The topological polar surface area (TPSA) is 83.6 Å². The van der Waals surface area contributed by atoms with Gasteiger partial charge in [0.1, 0.15) is 5.82 Å². The SMILES string of the molecule is CCn1c(SC(C)C(=O)Nc2cccc(C#N)c2)nnc1C1CC1. The molecule has 0 aliphatic heterocycles. The molecule has 124 valence electrons. The second-order valence-corrected chi connectivity index (χ2v) is 7.11. The quantitative estimate of drug-likeness (QED) is 0.816. The van der Waals surface area contributed by atoms with Gasteiger partial charge in [0.25, 0.3) is 0 Å². The molecule has 1 saturated carbocycles. The van der Waals surface area contributed by atoms with Crippen LogP contribution in [0.5, 0.6) is 0 Å². The predicted octanol–water partition coefficient (Wildman–Crippen LogP) is 3.17. The molecule has 1 aromatic carbocycles. The van der Waals surface area contributed by atoms with Crippen LogP contribution < -0.4 is 5.32 Å². The number of nitriles is 1. The summed E-state index contributed by atoms with van der Waals surface area (Å²) in [5, 5.41) is 20.8. The summed E-state index contributed by atoms with van der Waals surface area (Å²) in [4.78, 5) is 12.4. The lowest BCUT2D eigenvalue weighted by Crippen LogP contribution is -2.23. The molecule has 0 radical (unpaired) electrons. The van der Waals surface area contributed by atoms with Gasteiger partial charge in [-0.2, -0.15) is 5.26 Å². The molecule has 1 aromatic heterocycles. The zero-order valence-electron chi connectivity index (χ0n) is 13.7. The van der Waals surface area contributed by atoms with Gasteiger partial charge in [-0.3, -0.25) is 4.79 Å². The average molecular weight is 341 g/mol. The molecule has 1 fully saturated rings. The van der Waals surface area contributed by atoms with E-state index in [0.717, 1.165) is 17.5 Å². The van der Waals surface area contributed by atoms with E-state index in [0.29, 0.717) is 17.2 Å². The number of benzene rings is 1. The number of carbonyl (C=O) groups is 1. The summed E-state index contributed by atoms with van der Waals surface area (Å²) < 4.78 is 2.10. The van der Waals surface area contributed by atoms with Gasteiger partial charge in [0.2, 0.25) is 5.91 Å². The lowest BCUT2D eigenvalue weighted by Gasteiger charge is -2.12. The minimum atomic E-state index is -0.308. The lowest BCUT2D eigenvalue weighted by atomic mass is 10.2. The highest BCUT2D eigenvalue weighted by molar-refractivity contribution is 8.00. The number of anilines is 1. The highest BCUT2D eigenvalue weighted by Crippen LogP contribution is 2.40. The molecule has 1 heterocycles. The molecule has 1 aliphatic rings. The average Bonchev–Trinajstić information content (AvgIpc) is 3.36. The minimum absolute atomic E-state index is 0.117. The summed E-state index contributed by atoms with van der Waals surface area (Å²) in [7, 11) is 0. The number of amides is 1. The Bertz CT molecular complexity index is 791. The summed E-state index contributed by atoms with van der Waals surface area (Å²) in [5.74, 6) is 1.45. The second-order valence-electron chi connectivity index (χ2n) is 5.80. The molecule has 0 spiro atoms. The summed E-state index contributed by atoms with van der Waals surface area (Å²) in [5.41, 5.74) is 1.15. The highest BCUT2D eigenvalue weighted by Gasteiger charge is 2.30. The van der Waals surface area contributed by atoms with Crippen molar-refractivity contribution in [1.82, 2.24) is 14.8 Å². The molecule has 7 heteroatoms. The molecular formula is C17H19N5OS. The van der Waals surface area contributed by atoms with Crippen LogP contribution in [0.1, 0.15) is 44.0 Å². The van der Waals surface area contributed by atoms with E-state index in [1.807, 2.05) is 6.92 Å². The Labute approximate surface area is 145 Å². The number of hydrogen-bond acceptors (Lipinski definition) is 5. The van der Waals surface area contributed by atoms with Gasteiger partial charge in [0, 0.05) is 18.2 Å². The Morgan fingerprint density at radius 3 is 2.96 bits per heavy atom. The van der Waals surface area contributed by atoms with Crippen LogP contribution in [0, 0.1) is 11.3 Å². The van der Waals surface area contributed by atoms with E-state index in [2.05, 4.69) is 33.1 Å². The van der Waals surface area contributed by atoms with Gasteiger partial charge in [0.15, 0.2) is 5.16 Å². The molecule has 1 atom stereocenters. The maximum atomic E-state index is 12.4. The standard InChI is InChI=1S/C17H19N5OS/c1-3-22-15(13-7-8-13)20-21-17(22)24-11(2)16(23)19-14-6-4-5-12(9-14)10-18/h4-6,9,11,13H,3,7-8H2,1-2H3,(H,19,23). The van der Waals surface area contributed by atoms with Crippen molar-refractivity contribution in [2.75, 3.05) is 5.32 Å². The molecule has 6 nitrogen and oxygen atoms in total. The number of carbonyl (C=O) groups excluding carboxylic acids is 1. The van der Waals surface area contributed by atoms with Gasteiger partial charge in [-0.15, -0.1) is 10.2 Å². The van der Waals surface area contributed by atoms with Crippen molar-refractivity contribution in [3.63, 3.8) is 0 Å². The van der Waals surface area contributed by atoms with Crippen molar-refractivity contribution < 1.29 is 4.79 Å². The molecule has 2 aromatic rings. The Kier molecular flexibility index (Phi) is 4.86. The number of hydrogen-bond donors (Lipinski definition) is 1. The van der Waals surface area contributed by atoms with Crippen molar-refractivity contribution in [1.29, 1.82) is 5.26 Å². The number of rotatable bonds is 6. The molecular weight excluding hydrogens is 322 g/mol. The van der Waals surface area contributed by atoms with E-state index >= 15 is 0 Å². The van der Waals surface area contributed by atoms with E-state index in [9.17, 15) is 4.79 Å². The van der Waals surface area contributed by atoms with E-state index in [4.69, 9.17) is 5.26 Å². The van der Waals surface area contributed by atoms with Crippen molar-refractivity contribution >= 4 is 23.4 Å². The maximum Gasteiger partial charge on any atom is 0.237 e. The number of nitrogens with one attached hydrogen (secondary N) is 1. The summed E-state index contributed by atoms with van der Waals surface area (Å²) in [6.07, 6.45) is 2.35. The van der Waals surface area contributed by atoms with Crippen LogP contribution in [-0.2, 0) is 11.3 Å². The first-order chi connectivity index (χ1) is 11.6. The van der Waals surface area contributed by atoms with E-state index in [1.165, 1.54) is 24.6 Å². The van der Waals surface area contributed by atoms with Gasteiger partial charge in [-0.05, 0) is 44.9 Å². The van der Waals surface area contributed by atoms with Crippen molar-refractivity contribution in [2.24, 2.45) is 0 Å². The first-order valence-corrected chi connectivity index (χ1v) is 8.91. The fourth-order valence-electron chi connectivity index (χ4n) is 2.45. The first-order valence-electron chi connectivity index (χ1n) is 8.03. The normalized spacial score (nSPS) is 14.9. The number of aromatic nitrogens is 3. The third kappa shape index (κ3) is 3.60. The van der Waals surface area contributed by atoms with E-state index in [1.54, 1.807) is 24.3 Å². The summed E-state index contributed by atoms with van der Waals surface area (Å²) in [6.45, 7) is 4.72. The zero-order chi connectivity index (χ0) is 17.1. The fraction of sp³-hybridized carbons (Fsp3) is 0.412. The van der Waals surface area contributed by atoms with Gasteiger partial charge >= 0.3 is 0 Å². The third-order valence-corrected chi connectivity index (χ3v) is 5.00. The Morgan fingerprint density at radius 2 is 2.29 bits per heavy atom. The molecule has 24 heavy (non-hydrogen) atoms. The smallest absolute Gasteiger partial charge is 0.237 e. The van der Waals surface area contributed by atoms with Crippen molar-refractivity contribution in [3.05, 3.63) is 35.7 Å². The van der Waals surface area contributed by atoms with Crippen LogP contribution in [0.15, 0.2) is 29.4 Å². The Morgan fingerprint density at radius 1 is 1.50 bits per heavy atom. The van der Waals surface area contributed by atoms with Crippen LogP contribution in [0.2, 0.25) is 0 Å². The van der Waals surface area contributed by atoms with Crippen LogP contribution in [0.25, 0.3) is 0 Å². The van der Waals surface area contributed by atoms with E-state index in [-0.39, 0.29) is 11.2 Å². The van der Waals surface area contributed by atoms with Gasteiger partial charge in [0.05, 0.1) is 16.9 Å². The Balaban J connectivity index is 1.67. The molecule has 1 amide bonds. The largest absolute Gasteiger partial charge is 0.325 e. The van der Waals surface area contributed by atoms with E-state index < -0.39 is 0 Å². The second kappa shape index (κ2) is 7.05. The summed E-state index contributed by atoms with van der Waals surface area (Å²) in [6, 6.07) is 8.96. The molecule has 1 unspecified atom stereocenters. The predicted molar refractivity (Wildman–Crippen MR) is 92.8 cm³/mol. The van der Waals surface area contributed by atoms with Crippen LogP contribution in [-0.4, -0.2) is 25.9 Å². The minimum Gasteiger partial charge on any atom is -0.325 e. The lowest BCUT2D eigenvalue weighted by molar-refractivity contribution is -0.115. The van der Waals surface area contributed by atoms with Crippen LogP contribution >= 0.6 is 11.8 Å². The maximum absolute atomic E-state index is 12.4. The number of nitrogens with zero attached hydrogens (tertiary/aromatic N) is 4. The monoisotopic (exact) mass is 341 g/mol. The fourth-order valence-corrected chi connectivity index (χ4v) is 3.37. The zero-order valence-corrected chi connectivity index (χ0v) is 14.5. The van der Waals surface area contributed by atoms with Gasteiger partial charge in [-0.1, -0.05) is 17.8 Å². The first kappa shape index (κ1) is 16.5. The van der Waals surface area contributed by atoms with Crippen molar-refractivity contribution in [3.8, 4) is 6.07 Å². The molecule has 0 bridgehead atoms. The highest BCUT2D eigenvalue weighted by atomic mass is 32.2. The number of thioether (sulfide) groups is 1.